The first-order valence-electron chi connectivity index (χ1n) is 6.98. The standard InChI is InChI=1S/C16H14FN3O2S2/c1-20-11-10-18-16(20)23-15-5-3-2-4-14(15)19-24(21,22)13-8-6-12(17)7-9-13/h2-11,19H,1H3. The maximum atomic E-state index is 13.0. The van der Waals surface area contributed by atoms with Crippen LogP contribution < -0.4 is 4.72 Å². The fourth-order valence-electron chi connectivity index (χ4n) is 2.01. The first-order valence-corrected chi connectivity index (χ1v) is 9.28. The van der Waals surface area contributed by atoms with Crippen molar-refractivity contribution in [3.05, 3.63) is 66.7 Å². The summed E-state index contributed by atoms with van der Waals surface area (Å²) >= 11 is 1.35. The summed E-state index contributed by atoms with van der Waals surface area (Å²) in [5, 5.41) is 0.739. The number of imidazole rings is 1. The van der Waals surface area contributed by atoms with Gasteiger partial charge in [-0.2, -0.15) is 0 Å². The largest absolute Gasteiger partial charge is 0.329 e. The Morgan fingerprint density at radius 1 is 1.12 bits per heavy atom. The number of para-hydroxylation sites is 1. The molecule has 0 aliphatic rings. The lowest BCUT2D eigenvalue weighted by Gasteiger charge is -2.12. The number of aryl methyl sites for hydroxylation is 1. The molecule has 1 heterocycles. The van der Waals surface area contributed by atoms with Crippen LogP contribution in [0.3, 0.4) is 0 Å². The van der Waals surface area contributed by atoms with Crippen LogP contribution in [0.25, 0.3) is 0 Å². The lowest BCUT2D eigenvalue weighted by atomic mass is 10.3. The number of aromatic nitrogens is 2. The molecule has 0 aliphatic heterocycles. The molecule has 0 saturated carbocycles. The van der Waals surface area contributed by atoms with Gasteiger partial charge in [-0.15, -0.1) is 0 Å². The molecule has 1 aromatic heterocycles. The summed E-state index contributed by atoms with van der Waals surface area (Å²) in [7, 11) is -1.94. The van der Waals surface area contributed by atoms with Crippen LogP contribution in [-0.4, -0.2) is 18.0 Å². The fourth-order valence-corrected chi connectivity index (χ4v) is 4.04. The summed E-state index contributed by atoms with van der Waals surface area (Å²) in [6, 6.07) is 11.7. The van der Waals surface area contributed by atoms with E-state index in [4.69, 9.17) is 0 Å². The van der Waals surface area contributed by atoms with Crippen LogP contribution in [-0.2, 0) is 17.1 Å². The summed E-state index contributed by atoms with van der Waals surface area (Å²) in [6.07, 6.45) is 3.49. The Hall–Kier alpha value is -2.32. The average Bonchev–Trinajstić information content (AvgIpc) is 2.94. The smallest absolute Gasteiger partial charge is 0.261 e. The van der Waals surface area contributed by atoms with E-state index in [-0.39, 0.29) is 4.90 Å². The van der Waals surface area contributed by atoms with E-state index in [1.165, 1.54) is 23.9 Å². The van der Waals surface area contributed by atoms with Crippen LogP contribution in [0.15, 0.2) is 75.9 Å². The quantitative estimate of drug-likeness (QED) is 0.753. The molecule has 3 rings (SSSR count). The van der Waals surface area contributed by atoms with E-state index in [9.17, 15) is 12.8 Å². The highest BCUT2D eigenvalue weighted by Gasteiger charge is 2.17. The normalized spacial score (nSPS) is 11.4. The van der Waals surface area contributed by atoms with Gasteiger partial charge in [0.05, 0.1) is 10.6 Å². The second-order valence-electron chi connectivity index (χ2n) is 4.98. The van der Waals surface area contributed by atoms with E-state index in [2.05, 4.69) is 9.71 Å². The molecule has 3 aromatic rings. The highest BCUT2D eigenvalue weighted by atomic mass is 32.2. The minimum atomic E-state index is -3.80. The summed E-state index contributed by atoms with van der Waals surface area (Å²) in [4.78, 5) is 4.94. The highest BCUT2D eigenvalue weighted by Crippen LogP contribution is 2.33. The number of hydrogen-bond donors (Lipinski definition) is 1. The molecule has 0 fully saturated rings. The van der Waals surface area contributed by atoms with Crippen molar-refractivity contribution in [2.24, 2.45) is 7.05 Å². The van der Waals surface area contributed by atoms with Crippen molar-refractivity contribution in [3.8, 4) is 0 Å². The molecule has 0 atom stereocenters. The van der Waals surface area contributed by atoms with E-state index in [1.807, 2.05) is 29.9 Å². The molecule has 24 heavy (non-hydrogen) atoms. The van der Waals surface area contributed by atoms with Crippen LogP contribution in [0.2, 0.25) is 0 Å². The van der Waals surface area contributed by atoms with Gasteiger partial charge in [0, 0.05) is 24.3 Å². The third kappa shape index (κ3) is 3.60. The molecule has 0 bridgehead atoms. The Kier molecular flexibility index (Phi) is 4.59. The minimum absolute atomic E-state index is 0.000643. The Bertz CT molecular complexity index is 953. The van der Waals surface area contributed by atoms with Crippen molar-refractivity contribution in [3.63, 3.8) is 0 Å². The van der Waals surface area contributed by atoms with E-state index in [1.54, 1.807) is 18.3 Å². The second kappa shape index (κ2) is 6.66. The van der Waals surface area contributed by atoms with Crippen LogP contribution in [0, 0.1) is 5.82 Å². The van der Waals surface area contributed by atoms with E-state index in [0.29, 0.717) is 5.69 Å². The zero-order valence-electron chi connectivity index (χ0n) is 12.7. The van der Waals surface area contributed by atoms with E-state index < -0.39 is 15.8 Å². The Balaban J connectivity index is 1.90. The maximum absolute atomic E-state index is 13.0. The number of rotatable bonds is 5. The predicted molar refractivity (Wildman–Crippen MR) is 91.0 cm³/mol. The van der Waals surface area contributed by atoms with Crippen molar-refractivity contribution in [1.82, 2.24) is 9.55 Å². The Labute approximate surface area is 143 Å². The summed E-state index contributed by atoms with van der Waals surface area (Å²) in [5.74, 6) is -0.486. The predicted octanol–water partition coefficient (Wildman–Crippen LogP) is 3.51. The van der Waals surface area contributed by atoms with Crippen LogP contribution in [0.5, 0.6) is 0 Å². The number of hydrogen-bond acceptors (Lipinski definition) is 4. The van der Waals surface area contributed by atoms with Gasteiger partial charge < -0.3 is 4.57 Å². The molecule has 2 aromatic carbocycles. The van der Waals surface area contributed by atoms with Gasteiger partial charge in [0.2, 0.25) is 0 Å². The molecule has 0 aliphatic carbocycles. The van der Waals surface area contributed by atoms with E-state index in [0.717, 1.165) is 22.2 Å². The Morgan fingerprint density at radius 2 is 1.83 bits per heavy atom. The van der Waals surface area contributed by atoms with Gasteiger partial charge in [-0.1, -0.05) is 12.1 Å². The molecule has 8 heteroatoms. The second-order valence-corrected chi connectivity index (χ2v) is 7.67. The lowest BCUT2D eigenvalue weighted by Crippen LogP contribution is -2.13. The first-order chi connectivity index (χ1) is 11.5. The minimum Gasteiger partial charge on any atom is -0.329 e. The molecule has 0 radical (unpaired) electrons. The molecule has 0 saturated heterocycles. The molecular weight excluding hydrogens is 349 g/mol. The fraction of sp³-hybridized carbons (Fsp3) is 0.0625. The molecule has 124 valence electrons. The van der Waals surface area contributed by atoms with Crippen LogP contribution in [0.4, 0.5) is 10.1 Å². The van der Waals surface area contributed by atoms with Gasteiger partial charge in [0.15, 0.2) is 5.16 Å². The van der Waals surface area contributed by atoms with E-state index >= 15 is 0 Å². The summed E-state index contributed by atoms with van der Waals surface area (Å²) in [5.41, 5.74) is 0.440. The SMILES string of the molecule is Cn1ccnc1Sc1ccccc1NS(=O)(=O)c1ccc(F)cc1. The third-order valence-electron chi connectivity index (χ3n) is 3.23. The molecular formula is C16H14FN3O2S2. The van der Waals surface area contributed by atoms with Crippen LogP contribution >= 0.6 is 11.8 Å². The molecule has 0 amide bonds. The van der Waals surface area contributed by atoms with Gasteiger partial charge >= 0.3 is 0 Å². The summed E-state index contributed by atoms with van der Waals surface area (Å²) in [6.45, 7) is 0. The van der Waals surface area contributed by atoms with Crippen molar-refractivity contribution in [1.29, 1.82) is 0 Å². The summed E-state index contributed by atoms with van der Waals surface area (Å²) < 4.78 is 42.3. The van der Waals surface area contributed by atoms with Gasteiger partial charge in [-0.25, -0.2) is 17.8 Å². The first kappa shape index (κ1) is 16.5. The highest BCUT2D eigenvalue weighted by molar-refractivity contribution is 7.99. The topological polar surface area (TPSA) is 64.0 Å². The monoisotopic (exact) mass is 363 g/mol. The molecule has 0 unspecified atom stereocenters. The zero-order chi connectivity index (χ0) is 17.2. The number of nitrogens with zero attached hydrogens (tertiary/aromatic N) is 2. The number of nitrogens with one attached hydrogen (secondary N) is 1. The van der Waals surface area contributed by atoms with Gasteiger partial charge in [0.1, 0.15) is 5.82 Å². The average molecular weight is 363 g/mol. The van der Waals surface area contributed by atoms with Crippen molar-refractivity contribution < 1.29 is 12.8 Å². The van der Waals surface area contributed by atoms with Crippen LogP contribution in [0.1, 0.15) is 0 Å². The van der Waals surface area contributed by atoms with Gasteiger partial charge in [0.25, 0.3) is 10.0 Å². The van der Waals surface area contributed by atoms with Gasteiger partial charge in [-0.05, 0) is 48.2 Å². The number of halogens is 1. The number of benzene rings is 2. The van der Waals surface area contributed by atoms with Gasteiger partial charge in [-0.3, -0.25) is 4.72 Å². The van der Waals surface area contributed by atoms with Crippen molar-refractivity contribution >= 4 is 27.5 Å². The molecule has 1 N–H and O–H groups in total. The molecule has 0 spiro atoms. The molecule has 5 nitrogen and oxygen atoms in total. The maximum Gasteiger partial charge on any atom is 0.261 e. The zero-order valence-corrected chi connectivity index (χ0v) is 14.3. The third-order valence-corrected chi connectivity index (χ3v) is 5.77. The number of anilines is 1. The number of sulfonamides is 1. The van der Waals surface area contributed by atoms with Crippen molar-refractivity contribution in [2.75, 3.05) is 4.72 Å². The Morgan fingerprint density at radius 3 is 2.50 bits per heavy atom. The lowest BCUT2D eigenvalue weighted by molar-refractivity contribution is 0.599. The van der Waals surface area contributed by atoms with Crippen molar-refractivity contribution in [2.45, 2.75) is 14.9 Å².